The third kappa shape index (κ3) is 10.2. The van der Waals surface area contributed by atoms with Gasteiger partial charge in [0.25, 0.3) is 0 Å². The molecule has 0 aliphatic heterocycles. The molecule has 1 heterocycles. The van der Waals surface area contributed by atoms with E-state index in [1.165, 1.54) is 57.8 Å². The molecule has 0 amide bonds. The van der Waals surface area contributed by atoms with Crippen LogP contribution >= 0.6 is 0 Å². The molecule has 0 saturated carbocycles. The lowest BCUT2D eigenvalue weighted by Gasteiger charge is -2.03. The molecule has 21 heavy (non-hydrogen) atoms. The van der Waals surface area contributed by atoms with E-state index in [0.717, 1.165) is 18.4 Å². The smallest absolute Gasteiger partial charge is 0.137 e. The van der Waals surface area contributed by atoms with Crippen molar-refractivity contribution < 1.29 is 4.79 Å². The Bertz CT molecular complexity index is 361. The lowest BCUT2D eigenvalue weighted by molar-refractivity contribution is -0.118. The molecule has 0 spiro atoms. The van der Waals surface area contributed by atoms with Gasteiger partial charge < -0.3 is 0 Å². The molecule has 1 aromatic heterocycles. The van der Waals surface area contributed by atoms with Gasteiger partial charge in [0.15, 0.2) is 0 Å². The van der Waals surface area contributed by atoms with E-state index in [2.05, 4.69) is 11.9 Å². The van der Waals surface area contributed by atoms with Crippen LogP contribution in [0.2, 0.25) is 0 Å². The SMILES string of the molecule is CCCCCCCCCCCCC(=O)Cc1cccnc1. The topological polar surface area (TPSA) is 30.0 Å². The number of carbonyl (C=O) groups is 1. The maximum Gasteiger partial charge on any atom is 0.137 e. The van der Waals surface area contributed by atoms with Crippen LogP contribution < -0.4 is 0 Å². The van der Waals surface area contributed by atoms with Gasteiger partial charge in [-0.05, 0) is 18.1 Å². The van der Waals surface area contributed by atoms with Crippen LogP contribution in [0.25, 0.3) is 0 Å². The Morgan fingerprint density at radius 2 is 1.57 bits per heavy atom. The molecule has 1 aromatic rings. The lowest BCUT2D eigenvalue weighted by Crippen LogP contribution is -2.02. The highest BCUT2D eigenvalue weighted by Crippen LogP contribution is 2.12. The predicted octanol–water partition coefficient (Wildman–Crippen LogP) is 5.50. The fourth-order valence-corrected chi connectivity index (χ4v) is 2.63. The van der Waals surface area contributed by atoms with Crippen molar-refractivity contribution in [2.24, 2.45) is 0 Å². The molecule has 0 aliphatic rings. The van der Waals surface area contributed by atoms with Crippen molar-refractivity contribution in [3.63, 3.8) is 0 Å². The minimum atomic E-state index is 0.350. The summed E-state index contributed by atoms with van der Waals surface area (Å²) in [5.41, 5.74) is 1.04. The summed E-state index contributed by atoms with van der Waals surface area (Å²) in [6, 6.07) is 3.87. The summed E-state index contributed by atoms with van der Waals surface area (Å²) in [5, 5.41) is 0. The molecule has 0 N–H and O–H groups in total. The summed E-state index contributed by atoms with van der Waals surface area (Å²) in [7, 11) is 0. The standard InChI is InChI=1S/C19H31NO/c1-2-3-4-5-6-7-8-9-10-11-14-19(21)16-18-13-12-15-20-17-18/h12-13,15,17H,2-11,14,16H2,1H3. The van der Waals surface area contributed by atoms with Crippen molar-refractivity contribution in [3.05, 3.63) is 30.1 Å². The van der Waals surface area contributed by atoms with Gasteiger partial charge in [0.1, 0.15) is 5.78 Å². The van der Waals surface area contributed by atoms with E-state index in [1.54, 1.807) is 12.4 Å². The Labute approximate surface area is 130 Å². The summed E-state index contributed by atoms with van der Waals surface area (Å²) < 4.78 is 0. The van der Waals surface area contributed by atoms with E-state index < -0.39 is 0 Å². The van der Waals surface area contributed by atoms with Crippen molar-refractivity contribution in [1.82, 2.24) is 4.98 Å². The van der Waals surface area contributed by atoms with Crippen LogP contribution in [0, 0.1) is 0 Å². The van der Waals surface area contributed by atoms with Crippen LogP contribution in [0.15, 0.2) is 24.5 Å². The second-order valence-electron chi connectivity index (χ2n) is 6.01. The van der Waals surface area contributed by atoms with Crippen LogP contribution in [-0.4, -0.2) is 10.8 Å². The van der Waals surface area contributed by atoms with Crippen molar-refractivity contribution in [2.75, 3.05) is 0 Å². The molecule has 1 rings (SSSR count). The number of pyridine rings is 1. The van der Waals surface area contributed by atoms with E-state index in [4.69, 9.17) is 0 Å². The number of ketones is 1. The molecule has 0 aliphatic carbocycles. The average Bonchev–Trinajstić information content (AvgIpc) is 2.50. The zero-order chi connectivity index (χ0) is 15.2. The van der Waals surface area contributed by atoms with Crippen LogP contribution in [0.3, 0.4) is 0 Å². The molecular weight excluding hydrogens is 258 g/mol. The Morgan fingerprint density at radius 1 is 0.952 bits per heavy atom. The molecule has 2 heteroatoms. The van der Waals surface area contributed by atoms with Gasteiger partial charge in [-0.15, -0.1) is 0 Å². The fraction of sp³-hybridized carbons (Fsp3) is 0.684. The monoisotopic (exact) mass is 289 g/mol. The lowest BCUT2D eigenvalue weighted by atomic mass is 10.0. The second kappa shape index (κ2) is 12.6. The third-order valence-electron chi connectivity index (χ3n) is 3.93. The van der Waals surface area contributed by atoms with Gasteiger partial charge in [0.2, 0.25) is 0 Å². The first-order chi connectivity index (χ1) is 10.3. The van der Waals surface area contributed by atoms with Crippen LogP contribution in [0.4, 0.5) is 0 Å². The average molecular weight is 289 g/mol. The maximum atomic E-state index is 11.8. The minimum Gasteiger partial charge on any atom is -0.299 e. The van der Waals surface area contributed by atoms with E-state index >= 15 is 0 Å². The van der Waals surface area contributed by atoms with E-state index in [-0.39, 0.29) is 0 Å². The number of unbranched alkanes of at least 4 members (excludes halogenated alkanes) is 9. The van der Waals surface area contributed by atoms with Crippen molar-refractivity contribution in [3.8, 4) is 0 Å². The van der Waals surface area contributed by atoms with Gasteiger partial charge >= 0.3 is 0 Å². The predicted molar refractivity (Wildman–Crippen MR) is 89.4 cm³/mol. The first-order valence-corrected chi connectivity index (χ1v) is 8.73. The Kier molecular flexibility index (Phi) is 10.7. The second-order valence-corrected chi connectivity index (χ2v) is 6.01. The first-order valence-electron chi connectivity index (χ1n) is 8.73. The van der Waals surface area contributed by atoms with Gasteiger partial charge in [-0.2, -0.15) is 0 Å². The number of Topliss-reactive ketones (excluding diaryl/α,β-unsaturated/α-hetero) is 1. The summed E-state index contributed by atoms with van der Waals surface area (Å²) in [4.78, 5) is 15.9. The fourth-order valence-electron chi connectivity index (χ4n) is 2.63. The number of hydrogen-bond acceptors (Lipinski definition) is 2. The molecular formula is C19H31NO. The minimum absolute atomic E-state index is 0.350. The zero-order valence-electron chi connectivity index (χ0n) is 13.7. The normalized spacial score (nSPS) is 10.7. The molecule has 118 valence electrons. The Morgan fingerprint density at radius 3 is 2.14 bits per heavy atom. The van der Waals surface area contributed by atoms with Gasteiger partial charge in [-0.1, -0.05) is 70.8 Å². The highest BCUT2D eigenvalue weighted by atomic mass is 16.1. The van der Waals surface area contributed by atoms with Crippen LogP contribution in [0.1, 0.15) is 83.1 Å². The van der Waals surface area contributed by atoms with Gasteiger partial charge in [-0.25, -0.2) is 0 Å². The van der Waals surface area contributed by atoms with Gasteiger partial charge in [0, 0.05) is 25.2 Å². The number of aromatic nitrogens is 1. The summed E-state index contributed by atoms with van der Waals surface area (Å²) in [6.07, 6.45) is 18.0. The quantitative estimate of drug-likeness (QED) is 0.448. The van der Waals surface area contributed by atoms with E-state index in [9.17, 15) is 4.79 Å². The largest absolute Gasteiger partial charge is 0.299 e. The van der Waals surface area contributed by atoms with Gasteiger partial charge in [-0.3, -0.25) is 9.78 Å². The molecule has 0 bridgehead atoms. The number of carbonyl (C=O) groups excluding carboxylic acids is 1. The first kappa shape index (κ1) is 17.9. The molecule has 0 atom stereocenters. The van der Waals surface area contributed by atoms with Gasteiger partial charge in [0.05, 0.1) is 0 Å². The van der Waals surface area contributed by atoms with Crippen molar-refractivity contribution >= 4 is 5.78 Å². The molecule has 0 fully saturated rings. The van der Waals surface area contributed by atoms with E-state index in [0.29, 0.717) is 12.2 Å². The third-order valence-corrected chi connectivity index (χ3v) is 3.93. The zero-order valence-corrected chi connectivity index (χ0v) is 13.7. The van der Waals surface area contributed by atoms with Crippen molar-refractivity contribution in [2.45, 2.75) is 84.0 Å². The molecule has 0 saturated heterocycles. The van der Waals surface area contributed by atoms with Crippen molar-refractivity contribution in [1.29, 1.82) is 0 Å². The molecule has 2 nitrogen and oxygen atoms in total. The number of rotatable bonds is 13. The summed E-state index contributed by atoms with van der Waals surface area (Å²) in [5.74, 6) is 0.350. The Hall–Kier alpha value is -1.18. The highest BCUT2D eigenvalue weighted by Gasteiger charge is 2.03. The Balaban J connectivity index is 1.89. The summed E-state index contributed by atoms with van der Waals surface area (Å²) >= 11 is 0. The number of nitrogens with zero attached hydrogens (tertiary/aromatic N) is 1. The molecule has 0 unspecified atom stereocenters. The highest BCUT2D eigenvalue weighted by molar-refractivity contribution is 5.80. The van der Waals surface area contributed by atoms with Crippen LogP contribution in [0.5, 0.6) is 0 Å². The van der Waals surface area contributed by atoms with Crippen LogP contribution in [-0.2, 0) is 11.2 Å². The number of hydrogen-bond donors (Lipinski definition) is 0. The van der Waals surface area contributed by atoms with E-state index in [1.807, 2.05) is 12.1 Å². The summed E-state index contributed by atoms with van der Waals surface area (Å²) in [6.45, 7) is 2.26. The maximum absolute atomic E-state index is 11.8. The molecule has 0 aromatic carbocycles. The molecule has 0 radical (unpaired) electrons.